The second-order valence-corrected chi connectivity index (χ2v) is 4.59. The number of nitrogens with one attached hydrogen (secondary N) is 1. The molecule has 0 radical (unpaired) electrons. The summed E-state index contributed by atoms with van der Waals surface area (Å²) in [6, 6.07) is 5.27. The molecule has 0 unspecified atom stereocenters. The van der Waals surface area contributed by atoms with E-state index in [9.17, 15) is 9.59 Å². The van der Waals surface area contributed by atoms with Crippen molar-refractivity contribution in [3.8, 4) is 11.5 Å². The zero-order chi connectivity index (χ0) is 14.1. The van der Waals surface area contributed by atoms with E-state index < -0.39 is 6.09 Å². The highest BCUT2D eigenvalue weighted by Gasteiger charge is 2.33. The fraction of sp³-hybridized carbons (Fsp3) is 0.385. The fourth-order valence-corrected chi connectivity index (χ4v) is 2.15. The maximum Gasteiger partial charge on any atom is 0.414 e. The number of cyclic esters (lactones) is 1. The highest BCUT2D eigenvalue weighted by atomic mass is 16.7. The molecule has 7 nitrogen and oxygen atoms in total. The van der Waals surface area contributed by atoms with Crippen molar-refractivity contribution >= 4 is 17.7 Å². The van der Waals surface area contributed by atoms with E-state index in [0.717, 1.165) is 0 Å². The Kier molecular flexibility index (Phi) is 3.09. The van der Waals surface area contributed by atoms with Crippen LogP contribution in [0.3, 0.4) is 0 Å². The van der Waals surface area contributed by atoms with Crippen molar-refractivity contribution in [2.24, 2.45) is 0 Å². The third kappa shape index (κ3) is 2.34. The average Bonchev–Trinajstić information content (AvgIpc) is 3.01. The van der Waals surface area contributed by atoms with Gasteiger partial charge < -0.3 is 19.5 Å². The summed E-state index contributed by atoms with van der Waals surface area (Å²) in [5.41, 5.74) is 0.685. The second kappa shape index (κ2) is 4.92. The maximum atomic E-state index is 11.8. The number of rotatable bonds is 3. The van der Waals surface area contributed by atoms with Crippen LogP contribution in [0.25, 0.3) is 0 Å². The van der Waals surface area contributed by atoms with Gasteiger partial charge in [0.1, 0.15) is 6.10 Å². The second-order valence-electron chi connectivity index (χ2n) is 4.59. The van der Waals surface area contributed by atoms with Crippen LogP contribution in [0, 0.1) is 0 Å². The van der Waals surface area contributed by atoms with E-state index in [-0.39, 0.29) is 18.8 Å². The Morgan fingerprint density at radius 2 is 2.20 bits per heavy atom. The molecule has 7 heteroatoms. The van der Waals surface area contributed by atoms with Gasteiger partial charge in [-0.3, -0.25) is 9.69 Å². The molecule has 1 atom stereocenters. The number of carbonyl (C=O) groups excluding carboxylic acids is 2. The van der Waals surface area contributed by atoms with Crippen LogP contribution in [0.5, 0.6) is 11.5 Å². The number of fused-ring (bicyclic) bond motifs is 1. The predicted molar refractivity (Wildman–Crippen MR) is 68.9 cm³/mol. The van der Waals surface area contributed by atoms with Gasteiger partial charge in [0.25, 0.3) is 0 Å². The number of benzene rings is 1. The smallest absolute Gasteiger partial charge is 0.414 e. The highest BCUT2D eigenvalue weighted by molar-refractivity contribution is 5.90. The Balaban J connectivity index is 1.71. The summed E-state index contributed by atoms with van der Waals surface area (Å²) in [6.07, 6.45) is -0.781. The highest BCUT2D eigenvalue weighted by Crippen LogP contribution is 2.36. The van der Waals surface area contributed by atoms with E-state index in [1.807, 2.05) is 0 Å². The van der Waals surface area contributed by atoms with Crippen LogP contribution in [-0.4, -0.2) is 38.0 Å². The molecule has 1 N–H and O–H groups in total. The van der Waals surface area contributed by atoms with Crippen molar-refractivity contribution in [3.05, 3.63) is 18.2 Å². The number of carbonyl (C=O) groups is 2. The van der Waals surface area contributed by atoms with E-state index in [2.05, 4.69) is 5.32 Å². The van der Waals surface area contributed by atoms with E-state index in [4.69, 9.17) is 14.2 Å². The first-order chi connectivity index (χ1) is 9.63. The van der Waals surface area contributed by atoms with E-state index in [0.29, 0.717) is 30.3 Å². The minimum absolute atomic E-state index is 0.150. The summed E-state index contributed by atoms with van der Waals surface area (Å²) in [6.45, 7) is 2.31. The first-order valence-electron chi connectivity index (χ1n) is 6.26. The molecule has 0 aromatic heterocycles. The molecule has 1 fully saturated rings. The van der Waals surface area contributed by atoms with Crippen LogP contribution in [-0.2, 0) is 9.53 Å². The first-order valence-corrected chi connectivity index (χ1v) is 6.26. The standard InChI is InChI=1S/C13H14N2O5/c1-8(16)14-5-10-6-15(13(17)20-10)9-2-3-11-12(4-9)19-7-18-11/h2-4,10H,5-7H2,1H3,(H,14,16)/t10-/m1/s1. The molecule has 0 aliphatic carbocycles. The quantitative estimate of drug-likeness (QED) is 0.888. The zero-order valence-corrected chi connectivity index (χ0v) is 10.9. The predicted octanol–water partition coefficient (Wildman–Crippen LogP) is 0.877. The zero-order valence-electron chi connectivity index (χ0n) is 10.9. The van der Waals surface area contributed by atoms with Crippen LogP contribution >= 0.6 is 0 Å². The molecule has 2 heterocycles. The summed E-state index contributed by atoms with van der Waals surface area (Å²) >= 11 is 0. The third-order valence-electron chi connectivity index (χ3n) is 3.12. The average molecular weight is 278 g/mol. The summed E-state index contributed by atoms with van der Waals surface area (Å²) < 4.78 is 15.7. The molecule has 0 saturated carbocycles. The molecule has 106 valence electrons. The van der Waals surface area contributed by atoms with Gasteiger partial charge in [-0.15, -0.1) is 0 Å². The Hall–Kier alpha value is -2.44. The van der Waals surface area contributed by atoms with Crippen molar-refractivity contribution in [3.63, 3.8) is 0 Å². The van der Waals surface area contributed by atoms with Gasteiger partial charge in [0.2, 0.25) is 12.7 Å². The summed E-state index contributed by atoms with van der Waals surface area (Å²) in [5, 5.41) is 2.63. The van der Waals surface area contributed by atoms with Crippen LogP contribution in [0.4, 0.5) is 10.5 Å². The Morgan fingerprint density at radius 3 is 3.00 bits per heavy atom. The molecular formula is C13H14N2O5. The van der Waals surface area contributed by atoms with Crippen LogP contribution in [0.15, 0.2) is 18.2 Å². The molecule has 2 aliphatic heterocycles. The maximum absolute atomic E-state index is 11.8. The molecule has 2 aliphatic rings. The van der Waals surface area contributed by atoms with Crippen LogP contribution < -0.4 is 19.7 Å². The molecule has 20 heavy (non-hydrogen) atoms. The third-order valence-corrected chi connectivity index (χ3v) is 3.12. The largest absolute Gasteiger partial charge is 0.454 e. The van der Waals surface area contributed by atoms with Crippen molar-refractivity contribution in [1.29, 1.82) is 0 Å². The van der Waals surface area contributed by atoms with Crippen molar-refractivity contribution < 1.29 is 23.8 Å². The van der Waals surface area contributed by atoms with Crippen molar-refractivity contribution in [1.82, 2.24) is 5.32 Å². The molecule has 0 bridgehead atoms. The number of nitrogens with zero attached hydrogens (tertiary/aromatic N) is 1. The lowest BCUT2D eigenvalue weighted by atomic mass is 10.2. The lowest BCUT2D eigenvalue weighted by Crippen LogP contribution is -2.33. The van der Waals surface area contributed by atoms with Gasteiger partial charge in [-0.2, -0.15) is 0 Å². The van der Waals surface area contributed by atoms with Gasteiger partial charge in [-0.05, 0) is 12.1 Å². The number of anilines is 1. The molecule has 0 spiro atoms. The molecule has 1 aromatic rings. The topological polar surface area (TPSA) is 77.1 Å². The molecule has 2 amide bonds. The van der Waals surface area contributed by atoms with Gasteiger partial charge in [0, 0.05) is 13.0 Å². The first kappa shape index (κ1) is 12.6. The number of hydrogen-bond donors (Lipinski definition) is 1. The molecule has 1 saturated heterocycles. The van der Waals surface area contributed by atoms with Crippen LogP contribution in [0.1, 0.15) is 6.92 Å². The summed E-state index contributed by atoms with van der Waals surface area (Å²) in [5.74, 6) is 1.12. The molecule has 1 aromatic carbocycles. The van der Waals surface area contributed by atoms with Crippen molar-refractivity contribution in [2.75, 3.05) is 24.8 Å². The monoisotopic (exact) mass is 278 g/mol. The summed E-state index contributed by atoms with van der Waals surface area (Å²) in [4.78, 5) is 24.2. The van der Waals surface area contributed by atoms with Gasteiger partial charge in [-0.1, -0.05) is 0 Å². The summed E-state index contributed by atoms with van der Waals surface area (Å²) in [7, 11) is 0. The minimum Gasteiger partial charge on any atom is -0.454 e. The SMILES string of the molecule is CC(=O)NC[C@@H]1CN(c2ccc3c(c2)OCO3)C(=O)O1. The number of ether oxygens (including phenoxy) is 3. The van der Waals surface area contributed by atoms with E-state index in [1.165, 1.54) is 11.8 Å². The van der Waals surface area contributed by atoms with Gasteiger partial charge in [0.15, 0.2) is 11.5 Å². The number of hydrogen-bond acceptors (Lipinski definition) is 5. The van der Waals surface area contributed by atoms with Crippen molar-refractivity contribution in [2.45, 2.75) is 13.0 Å². The minimum atomic E-state index is -0.431. The van der Waals surface area contributed by atoms with Gasteiger partial charge in [0.05, 0.1) is 18.8 Å². The van der Waals surface area contributed by atoms with Gasteiger partial charge in [-0.25, -0.2) is 4.79 Å². The molecule has 3 rings (SSSR count). The lowest BCUT2D eigenvalue weighted by molar-refractivity contribution is -0.119. The normalized spacial score (nSPS) is 19.9. The van der Waals surface area contributed by atoms with E-state index in [1.54, 1.807) is 18.2 Å². The molecular weight excluding hydrogens is 264 g/mol. The number of amides is 2. The van der Waals surface area contributed by atoms with E-state index >= 15 is 0 Å². The lowest BCUT2D eigenvalue weighted by Gasteiger charge is -2.13. The van der Waals surface area contributed by atoms with Crippen LogP contribution in [0.2, 0.25) is 0 Å². The fourth-order valence-electron chi connectivity index (χ4n) is 2.15. The van der Waals surface area contributed by atoms with Gasteiger partial charge >= 0.3 is 6.09 Å². The Morgan fingerprint density at radius 1 is 1.40 bits per heavy atom. The Labute approximate surface area is 115 Å². The Bertz CT molecular complexity index is 560.